The number of hydrogen-bond acceptors (Lipinski definition) is 3. The minimum Gasteiger partial charge on any atom is -0.390 e. The topological polar surface area (TPSA) is 35.5 Å². The van der Waals surface area contributed by atoms with Crippen LogP contribution in [0.2, 0.25) is 0 Å². The molecular formula is C10H22N2O. The number of aliphatic hydroxyl groups excluding tert-OH is 1. The number of likely N-dealkylation sites (N-methyl/N-ethyl adjacent to an activating group) is 1. The van der Waals surface area contributed by atoms with Crippen molar-refractivity contribution in [2.24, 2.45) is 0 Å². The van der Waals surface area contributed by atoms with Gasteiger partial charge in [-0.1, -0.05) is 6.92 Å². The average molecular weight is 186 g/mol. The molecule has 0 aromatic carbocycles. The van der Waals surface area contributed by atoms with E-state index in [2.05, 4.69) is 38.0 Å². The molecule has 1 rings (SSSR count). The minimum absolute atomic E-state index is 0.178. The highest BCUT2D eigenvalue weighted by atomic mass is 16.3. The van der Waals surface area contributed by atoms with Crippen molar-refractivity contribution in [3.05, 3.63) is 0 Å². The third-order valence-corrected chi connectivity index (χ3v) is 3.47. The molecule has 1 fully saturated rings. The molecule has 1 saturated heterocycles. The third kappa shape index (κ3) is 2.22. The van der Waals surface area contributed by atoms with Crippen molar-refractivity contribution in [2.75, 3.05) is 20.1 Å². The van der Waals surface area contributed by atoms with Crippen molar-refractivity contribution >= 4 is 0 Å². The molecule has 3 nitrogen and oxygen atoms in total. The summed E-state index contributed by atoms with van der Waals surface area (Å²) in [6.45, 7) is 8.26. The first-order valence-electron chi connectivity index (χ1n) is 5.10. The van der Waals surface area contributed by atoms with E-state index in [9.17, 15) is 5.11 Å². The largest absolute Gasteiger partial charge is 0.390 e. The van der Waals surface area contributed by atoms with Crippen LogP contribution in [0.5, 0.6) is 0 Å². The van der Waals surface area contributed by atoms with Gasteiger partial charge in [0.25, 0.3) is 0 Å². The Morgan fingerprint density at radius 2 is 2.08 bits per heavy atom. The first-order chi connectivity index (χ1) is 5.99. The summed E-state index contributed by atoms with van der Waals surface area (Å²) >= 11 is 0. The van der Waals surface area contributed by atoms with Gasteiger partial charge in [-0.3, -0.25) is 4.90 Å². The average Bonchev–Trinajstić information content (AvgIpc) is 2.50. The summed E-state index contributed by atoms with van der Waals surface area (Å²) in [6.07, 6.45) is 0.892. The van der Waals surface area contributed by atoms with E-state index >= 15 is 0 Å². The molecule has 0 aromatic heterocycles. The molecule has 2 N–H and O–H groups in total. The van der Waals surface area contributed by atoms with E-state index in [1.807, 2.05) is 0 Å². The molecule has 0 bridgehead atoms. The van der Waals surface area contributed by atoms with Crippen LogP contribution in [0.4, 0.5) is 0 Å². The highest BCUT2D eigenvalue weighted by Gasteiger charge is 2.34. The van der Waals surface area contributed by atoms with Crippen LogP contribution in [0, 0.1) is 0 Å². The summed E-state index contributed by atoms with van der Waals surface area (Å²) < 4.78 is 0. The molecule has 0 radical (unpaired) electrons. The van der Waals surface area contributed by atoms with Crippen LogP contribution in [-0.2, 0) is 0 Å². The molecule has 0 aromatic rings. The lowest BCUT2D eigenvalue weighted by atomic mass is 9.97. The van der Waals surface area contributed by atoms with Crippen LogP contribution in [0.1, 0.15) is 27.2 Å². The summed E-state index contributed by atoms with van der Waals surface area (Å²) in [6, 6.07) is 0.273. The summed E-state index contributed by atoms with van der Waals surface area (Å²) in [5, 5.41) is 12.9. The van der Waals surface area contributed by atoms with Gasteiger partial charge in [0.1, 0.15) is 0 Å². The fourth-order valence-corrected chi connectivity index (χ4v) is 1.74. The molecule has 2 atom stereocenters. The fraction of sp³-hybridized carbons (Fsp3) is 1.00. The number of hydrogen-bond donors (Lipinski definition) is 2. The second-order valence-corrected chi connectivity index (χ2v) is 4.57. The summed E-state index contributed by atoms with van der Waals surface area (Å²) in [5.74, 6) is 0. The first-order valence-corrected chi connectivity index (χ1v) is 5.10. The zero-order valence-electron chi connectivity index (χ0n) is 9.17. The maximum atomic E-state index is 9.71. The molecule has 0 amide bonds. The van der Waals surface area contributed by atoms with E-state index in [1.165, 1.54) is 0 Å². The monoisotopic (exact) mass is 186 g/mol. The zero-order chi connectivity index (χ0) is 10.1. The predicted molar refractivity (Wildman–Crippen MR) is 54.8 cm³/mol. The van der Waals surface area contributed by atoms with E-state index in [4.69, 9.17) is 0 Å². The van der Waals surface area contributed by atoms with Gasteiger partial charge in [-0.05, 0) is 27.3 Å². The number of β-amino-alcohol motifs (C(OH)–C–C–N with tert-alkyl or cyclic N) is 1. The Labute approximate surface area is 81.1 Å². The highest BCUT2D eigenvalue weighted by molar-refractivity contribution is 4.92. The van der Waals surface area contributed by atoms with E-state index in [0.717, 1.165) is 19.5 Å². The Hall–Kier alpha value is -0.120. The molecule has 1 aliphatic heterocycles. The molecule has 13 heavy (non-hydrogen) atoms. The Kier molecular flexibility index (Phi) is 3.33. The Morgan fingerprint density at radius 1 is 1.46 bits per heavy atom. The van der Waals surface area contributed by atoms with Gasteiger partial charge in [0.2, 0.25) is 0 Å². The van der Waals surface area contributed by atoms with Gasteiger partial charge in [-0.2, -0.15) is 0 Å². The second kappa shape index (κ2) is 3.95. The van der Waals surface area contributed by atoms with Gasteiger partial charge in [0, 0.05) is 24.7 Å². The Bertz CT molecular complexity index is 170. The summed E-state index contributed by atoms with van der Waals surface area (Å²) in [4.78, 5) is 2.29. The van der Waals surface area contributed by atoms with E-state index in [0.29, 0.717) is 0 Å². The van der Waals surface area contributed by atoms with Crippen LogP contribution >= 0.6 is 0 Å². The number of rotatable bonds is 3. The Morgan fingerprint density at radius 3 is 2.46 bits per heavy atom. The molecule has 0 aliphatic carbocycles. The molecule has 2 unspecified atom stereocenters. The summed E-state index contributed by atoms with van der Waals surface area (Å²) in [5.41, 5.74) is 0.178. The van der Waals surface area contributed by atoms with E-state index < -0.39 is 0 Å². The second-order valence-electron chi connectivity index (χ2n) is 4.57. The van der Waals surface area contributed by atoms with Crippen LogP contribution in [-0.4, -0.2) is 47.8 Å². The quantitative estimate of drug-likeness (QED) is 0.671. The predicted octanol–water partition coefficient (Wildman–Crippen LogP) is 0.439. The van der Waals surface area contributed by atoms with Crippen LogP contribution in [0.15, 0.2) is 0 Å². The van der Waals surface area contributed by atoms with Crippen molar-refractivity contribution in [3.63, 3.8) is 0 Å². The number of aliphatic hydroxyl groups is 1. The highest BCUT2D eigenvalue weighted by Crippen LogP contribution is 2.21. The molecule has 1 aliphatic rings. The summed E-state index contributed by atoms with van der Waals surface area (Å²) in [7, 11) is 2.10. The Balaban J connectivity index is 2.60. The maximum Gasteiger partial charge on any atom is 0.0831 e. The number of nitrogens with zero attached hydrogens (tertiary/aromatic N) is 1. The van der Waals surface area contributed by atoms with Gasteiger partial charge in [0.15, 0.2) is 0 Å². The van der Waals surface area contributed by atoms with Gasteiger partial charge in [-0.25, -0.2) is 0 Å². The van der Waals surface area contributed by atoms with Gasteiger partial charge in [0.05, 0.1) is 6.10 Å². The number of nitrogens with one attached hydrogen (secondary N) is 1. The molecule has 3 heteroatoms. The van der Waals surface area contributed by atoms with E-state index in [1.54, 1.807) is 0 Å². The van der Waals surface area contributed by atoms with Gasteiger partial charge >= 0.3 is 0 Å². The zero-order valence-corrected chi connectivity index (χ0v) is 9.17. The SMILES string of the molecule is CCC(C)(C)N(C)C1CNCC1O. The molecule has 78 valence electrons. The standard InChI is InChI=1S/C10H22N2O/c1-5-10(2,3)12(4)8-6-11-7-9(8)13/h8-9,11,13H,5-7H2,1-4H3. The van der Waals surface area contributed by atoms with Crippen molar-refractivity contribution in [1.82, 2.24) is 10.2 Å². The van der Waals surface area contributed by atoms with Gasteiger partial charge in [-0.15, -0.1) is 0 Å². The van der Waals surface area contributed by atoms with Crippen molar-refractivity contribution in [3.8, 4) is 0 Å². The van der Waals surface area contributed by atoms with Gasteiger partial charge < -0.3 is 10.4 Å². The fourth-order valence-electron chi connectivity index (χ4n) is 1.74. The molecule has 0 spiro atoms. The molecular weight excluding hydrogens is 164 g/mol. The van der Waals surface area contributed by atoms with Crippen molar-refractivity contribution < 1.29 is 5.11 Å². The molecule has 1 heterocycles. The van der Waals surface area contributed by atoms with Crippen LogP contribution in [0.3, 0.4) is 0 Å². The van der Waals surface area contributed by atoms with Crippen LogP contribution in [0.25, 0.3) is 0 Å². The third-order valence-electron chi connectivity index (χ3n) is 3.47. The minimum atomic E-state index is -0.212. The first kappa shape index (κ1) is 11.0. The maximum absolute atomic E-state index is 9.71. The van der Waals surface area contributed by atoms with Crippen LogP contribution < -0.4 is 5.32 Å². The van der Waals surface area contributed by atoms with Crippen molar-refractivity contribution in [2.45, 2.75) is 44.9 Å². The lowest BCUT2D eigenvalue weighted by Gasteiger charge is -2.40. The lowest BCUT2D eigenvalue weighted by molar-refractivity contribution is 0.0361. The molecule has 0 saturated carbocycles. The van der Waals surface area contributed by atoms with E-state index in [-0.39, 0.29) is 17.7 Å². The lowest BCUT2D eigenvalue weighted by Crippen LogP contribution is -2.51. The normalized spacial score (nSPS) is 30.0. The van der Waals surface area contributed by atoms with Crippen molar-refractivity contribution in [1.29, 1.82) is 0 Å². The smallest absolute Gasteiger partial charge is 0.0831 e.